The first kappa shape index (κ1) is 17.8. The monoisotopic (exact) mass is 311 g/mol. The van der Waals surface area contributed by atoms with Gasteiger partial charge in [-0.3, -0.25) is 0 Å². The number of guanidine groups is 1. The Morgan fingerprint density at radius 1 is 1.29 bits per heavy atom. The molecule has 0 unspecified atom stereocenters. The van der Waals surface area contributed by atoms with Gasteiger partial charge in [0.25, 0.3) is 0 Å². The van der Waals surface area contributed by atoms with Crippen LogP contribution in [-0.4, -0.2) is 31.6 Å². The average molecular weight is 311 g/mol. The first-order valence-electron chi connectivity index (χ1n) is 7.79. The maximum Gasteiger partial charge on any atom is 0.188 e. The number of unbranched alkanes of at least 4 members (excludes halogenated alkanes) is 5. The lowest BCUT2D eigenvalue weighted by atomic mass is 10.1. The molecule has 1 aromatic rings. The van der Waals surface area contributed by atoms with Crippen molar-refractivity contribution >= 4 is 22.4 Å². The Labute approximate surface area is 132 Å². The zero-order chi connectivity index (χ0) is 15.5. The molecule has 21 heavy (non-hydrogen) atoms. The third-order valence-electron chi connectivity index (χ3n) is 3.17. The Kier molecular flexibility index (Phi) is 8.82. The fourth-order valence-corrected chi connectivity index (χ4v) is 2.67. The topological polar surface area (TPSA) is 66.5 Å². The molecular formula is C15H29N5S. The van der Waals surface area contributed by atoms with Crippen molar-refractivity contribution in [3.8, 4) is 0 Å². The summed E-state index contributed by atoms with van der Waals surface area (Å²) < 4.78 is 0. The summed E-state index contributed by atoms with van der Waals surface area (Å²) in [6.45, 7) is 3.68. The second-order valence-corrected chi connectivity index (χ2v) is 6.25. The highest BCUT2D eigenvalue weighted by atomic mass is 32.1. The zero-order valence-corrected chi connectivity index (χ0v) is 14.4. The number of anilines is 1. The normalized spacial score (nSPS) is 11.7. The molecule has 0 fully saturated rings. The van der Waals surface area contributed by atoms with Crippen molar-refractivity contribution in [1.29, 1.82) is 0 Å². The Bertz CT molecular complexity index is 414. The van der Waals surface area contributed by atoms with Gasteiger partial charge in [-0.05, 0) is 6.42 Å². The van der Waals surface area contributed by atoms with Crippen molar-refractivity contribution in [3.63, 3.8) is 0 Å². The Morgan fingerprint density at radius 2 is 2.00 bits per heavy atom. The lowest BCUT2D eigenvalue weighted by Gasteiger charge is -2.06. The molecule has 1 rings (SSSR count). The molecule has 0 bridgehead atoms. The van der Waals surface area contributed by atoms with E-state index in [-0.39, 0.29) is 0 Å². The van der Waals surface area contributed by atoms with Crippen LogP contribution in [0.3, 0.4) is 0 Å². The molecule has 0 aromatic carbocycles. The van der Waals surface area contributed by atoms with Crippen molar-refractivity contribution < 1.29 is 0 Å². The molecule has 1 heterocycles. The number of hydrogen-bond acceptors (Lipinski definition) is 4. The number of rotatable bonds is 10. The van der Waals surface area contributed by atoms with Gasteiger partial charge in [-0.1, -0.05) is 39.0 Å². The third kappa shape index (κ3) is 7.90. The molecule has 3 N–H and O–H groups in total. The number of nitrogens with one attached hydrogen (secondary N) is 1. The molecule has 5 nitrogen and oxygen atoms in total. The maximum absolute atomic E-state index is 5.85. The van der Waals surface area contributed by atoms with Gasteiger partial charge in [0.1, 0.15) is 0 Å². The molecule has 0 saturated heterocycles. The molecule has 0 aliphatic rings. The summed E-state index contributed by atoms with van der Waals surface area (Å²) in [5, 5.41) is 6.19. The second-order valence-electron chi connectivity index (χ2n) is 5.41. The first-order chi connectivity index (χ1) is 10.1. The van der Waals surface area contributed by atoms with Gasteiger partial charge in [-0.2, -0.15) is 0 Å². The average Bonchev–Trinajstić information content (AvgIpc) is 2.93. The van der Waals surface area contributed by atoms with E-state index in [1.807, 2.05) is 24.4 Å². The summed E-state index contributed by atoms with van der Waals surface area (Å²) in [6, 6.07) is 0. The van der Waals surface area contributed by atoms with Crippen LogP contribution < -0.4 is 16.0 Å². The molecule has 1 aromatic heterocycles. The Morgan fingerprint density at radius 3 is 2.67 bits per heavy atom. The van der Waals surface area contributed by atoms with Crippen molar-refractivity contribution in [3.05, 3.63) is 11.1 Å². The molecule has 0 atom stereocenters. The molecule has 0 saturated carbocycles. The molecule has 0 spiro atoms. The van der Waals surface area contributed by atoms with Gasteiger partial charge in [-0.15, -0.1) is 11.3 Å². The summed E-state index contributed by atoms with van der Waals surface area (Å²) in [7, 11) is 3.98. The van der Waals surface area contributed by atoms with Crippen LogP contribution in [0.1, 0.15) is 51.1 Å². The number of thiazole rings is 1. The van der Waals surface area contributed by atoms with Gasteiger partial charge in [0, 0.05) is 26.0 Å². The third-order valence-corrected chi connectivity index (χ3v) is 4.23. The van der Waals surface area contributed by atoms with E-state index >= 15 is 0 Å². The Hall–Kier alpha value is -1.30. The number of aromatic nitrogens is 1. The van der Waals surface area contributed by atoms with Crippen LogP contribution in [0, 0.1) is 0 Å². The van der Waals surface area contributed by atoms with E-state index in [9.17, 15) is 0 Å². The minimum Gasteiger partial charge on any atom is -0.370 e. The first-order valence-corrected chi connectivity index (χ1v) is 8.67. The summed E-state index contributed by atoms with van der Waals surface area (Å²) in [6.07, 6.45) is 7.72. The lowest BCUT2D eigenvalue weighted by Crippen LogP contribution is -2.32. The van der Waals surface area contributed by atoms with Gasteiger partial charge in [0.05, 0.1) is 12.2 Å². The summed E-state index contributed by atoms with van der Waals surface area (Å²) in [5.41, 5.74) is 6.82. The van der Waals surface area contributed by atoms with E-state index in [2.05, 4.69) is 22.2 Å². The fraction of sp³-hybridized carbons (Fsp3) is 0.733. The molecule has 6 heteroatoms. The predicted molar refractivity (Wildman–Crippen MR) is 93.1 cm³/mol. The highest BCUT2D eigenvalue weighted by Crippen LogP contribution is 2.18. The van der Waals surface area contributed by atoms with Crippen LogP contribution in [0.15, 0.2) is 10.4 Å². The Balaban J connectivity index is 2.14. The number of nitrogens with zero attached hydrogens (tertiary/aromatic N) is 3. The summed E-state index contributed by atoms with van der Waals surface area (Å²) in [4.78, 5) is 10.8. The lowest BCUT2D eigenvalue weighted by molar-refractivity contribution is 0.601. The van der Waals surface area contributed by atoms with E-state index in [0.717, 1.165) is 23.8 Å². The quantitative estimate of drug-likeness (QED) is 0.396. The number of nitrogens with two attached hydrogens (primary N) is 1. The maximum atomic E-state index is 5.85. The van der Waals surface area contributed by atoms with Crippen molar-refractivity contribution in [2.45, 2.75) is 52.0 Å². The SMILES string of the molecule is CCCCCCCCNC(N)=NCc1csc(N(C)C)n1. The van der Waals surface area contributed by atoms with Crippen molar-refractivity contribution in [2.75, 3.05) is 25.5 Å². The van der Waals surface area contributed by atoms with Gasteiger partial charge in [-0.25, -0.2) is 9.98 Å². The minimum atomic E-state index is 0.517. The standard InChI is InChI=1S/C15H29N5S/c1-4-5-6-7-8-9-10-17-14(16)18-11-13-12-21-15(19-13)20(2)3/h12H,4-11H2,1-3H3,(H3,16,17,18). The van der Waals surface area contributed by atoms with Crippen LogP contribution in [0.5, 0.6) is 0 Å². The van der Waals surface area contributed by atoms with Gasteiger partial charge in [0.15, 0.2) is 11.1 Å². The zero-order valence-electron chi connectivity index (χ0n) is 13.6. The number of hydrogen-bond donors (Lipinski definition) is 2. The predicted octanol–water partition coefficient (Wildman–Crippen LogP) is 2.97. The summed E-state index contributed by atoms with van der Waals surface area (Å²) >= 11 is 1.62. The fourth-order valence-electron chi connectivity index (χ4n) is 1.92. The van der Waals surface area contributed by atoms with Gasteiger partial charge < -0.3 is 16.0 Å². The van der Waals surface area contributed by atoms with Gasteiger partial charge >= 0.3 is 0 Å². The van der Waals surface area contributed by atoms with E-state index < -0.39 is 0 Å². The molecule has 0 amide bonds. The molecule has 120 valence electrons. The van der Waals surface area contributed by atoms with E-state index in [1.54, 1.807) is 11.3 Å². The van der Waals surface area contributed by atoms with Crippen LogP contribution in [0.4, 0.5) is 5.13 Å². The van der Waals surface area contributed by atoms with Gasteiger partial charge in [0.2, 0.25) is 0 Å². The molecule has 0 aliphatic carbocycles. The minimum absolute atomic E-state index is 0.517. The molecular weight excluding hydrogens is 282 g/mol. The van der Waals surface area contributed by atoms with E-state index in [0.29, 0.717) is 12.5 Å². The smallest absolute Gasteiger partial charge is 0.188 e. The highest BCUT2D eigenvalue weighted by Gasteiger charge is 2.02. The summed E-state index contributed by atoms with van der Waals surface area (Å²) in [5.74, 6) is 0.517. The molecule has 0 radical (unpaired) electrons. The van der Waals surface area contributed by atoms with Crippen LogP contribution in [0.25, 0.3) is 0 Å². The largest absolute Gasteiger partial charge is 0.370 e. The highest BCUT2D eigenvalue weighted by molar-refractivity contribution is 7.13. The van der Waals surface area contributed by atoms with E-state index in [1.165, 1.54) is 32.1 Å². The molecule has 0 aliphatic heterocycles. The number of aliphatic imine (C=N–C) groups is 1. The van der Waals surface area contributed by atoms with Crippen LogP contribution in [-0.2, 0) is 6.54 Å². The van der Waals surface area contributed by atoms with E-state index in [4.69, 9.17) is 5.73 Å². The second kappa shape index (κ2) is 10.4. The van der Waals surface area contributed by atoms with Crippen molar-refractivity contribution in [1.82, 2.24) is 10.3 Å². The van der Waals surface area contributed by atoms with Crippen LogP contribution in [0.2, 0.25) is 0 Å². The van der Waals surface area contributed by atoms with Crippen molar-refractivity contribution in [2.24, 2.45) is 10.7 Å². The van der Waals surface area contributed by atoms with Crippen LogP contribution >= 0.6 is 11.3 Å².